The zero-order valence-corrected chi connectivity index (χ0v) is 9.07. The summed E-state index contributed by atoms with van der Waals surface area (Å²) >= 11 is 0. The number of nitrogens with two attached hydrogens (primary N) is 1. The first kappa shape index (κ1) is 10.8. The zero-order chi connectivity index (χ0) is 10.6. The highest BCUT2D eigenvalue weighted by Gasteiger charge is 2.14. The van der Waals surface area contributed by atoms with Crippen molar-refractivity contribution in [1.82, 2.24) is 9.97 Å². The van der Waals surface area contributed by atoms with E-state index in [-0.39, 0.29) is 0 Å². The Labute approximate surface area is 85.2 Å². The maximum absolute atomic E-state index is 5.80. The molecule has 4 nitrogen and oxygen atoms in total. The van der Waals surface area contributed by atoms with Crippen molar-refractivity contribution in [3.63, 3.8) is 0 Å². The molecule has 0 unspecified atom stereocenters. The fourth-order valence-corrected chi connectivity index (χ4v) is 1.64. The second kappa shape index (κ2) is 4.79. The van der Waals surface area contributed by atoms with Crippen molar-refractivity contribution < 1.29 is 0 Å². The van der Waals surface area contributed by atoms with Gasteiger partial charge in [-0.3, -0.25) is 0 Å². The van der Waals surface area contributed by atoms with Crippen LogP contribution in [0, 0.1) is 0 Å². The van der Waals surface area contributed by atoms with Gasteiger partial charge in [0.2, 0.25) is 0 Å². The van der Waals surface area contributed by atoms with Crippen molar-refractivity contribution in [2.45, 2.75) is 32.7 Å². The van der Waals surface area contributed by atoms with Gasteiger partial charge in [0, 0.05) is 13.1 Å². The highest BCUT2D eigenvalue weighted by molar-refractivity contribution is 5.60. The van der Waals surface area contributed by atoms with E-state index in [4.69, 9.17) is 5.73 Å². The molecule has 0 bridgehead atoms. The lowest BCUT2D eigenvalue weighted by Gasteiger charge is -2.27. The lowest BCUT2D eigenvalue weighted by atomic mass is 10.1. The van der Waals surface area contributed by atoms with Crippen molar-refractivity contribution >= 4 is 11.5 Å². The Balaban J connectivity index is 2.88. The summed E-state index contributed by atoms with van der Waals surface area (Å²) in [6.45, 7) is 4.34. The van der Waals surface area contributed by atoms with Gasteiger partial charge in [-0.15, -0.1) is 0 Å². The Morgan fingerprint density at radius 2 is 2.07 bits per heavy atom. The molecule has 0 fully saturated rings. The number of nitrogens with zero attached hydrogens (tertiary/aromatic N) is 3. The molecule has 0 saturated heterocycles. The van der Waals surface area contributed by atoms with Crippen molar-refractivity contribution in [3.05, 3.63) is 12.5 Å². The van der Waals surface area contributed by atoms with Crippen LogP contribution in [0.2, 0.25) is 0 Å². The zero-order valence-electron chi connectivity index (χ0n) is 9.07. The van der Waals surface area contributed by atoms with E-state index in [0.29, 0.717) is 11.7 Å². The molecule has 0 aliphatic heterocycles. The van der Waals surface area contributed by atoms with Crippen LogP contribution in [0.1, 0.15) is 26.7 Å². The Bertz CT molecular complexity index is 283. The first-order valence-electron chi connectivity index (χ1n) is 4.99. The molecular weight excluding hydrogens is 176 g/mol. The average molecular weight is 194 g/mol. The molecule has 1 aromatic rings. The molecule has 0 amide bonds. The van der Waals surface area contributed by atoms with E-state index in [1.807, 2.05) is 7.05 Å². The smallest absolute Gasteiger partial charge is 0.155 e. The average Bonchev–Trinajstić information content (AvgIpc) is 2.20. The molecule has 2 N–H and O–H groups in total. The number of anilines is 2. The summed E-state index contributed by atoms with van der Waals surface area (Å²) in [6.07, 6.45) is 5.36. The van der Waals surface area contributed by atoms with E-state index in [1.165, 1.54) is 6.33 Å². The Morgan fingerprint density at radius 1 is 1.43 bits per heavy atom. The third-order valence-corrected chi connectivity index (χ3v) is 2.54. The normalized spacial score (nSPS) is 10.6. The number of hydrogen-bond donors (Lipinski definition) is 1. The van der Waals surface area contributed by atoms with Gasteiger partial charge in [0.05, 0.1) is 11.9 Å². The van der Waals surface area contributed by atoms with Gasteiger partial charge < -0.3 is 10.6 Å². The molecule has 1 heterocycles. The Kier molecular flexibility index (Phi) is 3.68. The van der Waals surface area contributed by atoms with Gasteiger partial charge in [0.15, 0.2) is 5.82 Å². The summed E-state index contributed by atoms with van der Waals surface area (Å²) in [7, 11) is 2.02. The maximum Gasteiger partial charge on any atom is 0.155 e. The first-order valence-corrected chi connectivity index (χ1v) is 4.99. The molecule has 0 aliphatic rings. The van der Waals surface area contributed by atoms with Crippen molar-refractivity contribution in [2.75, 3.05) is 17.7 Å². The minimum absolute atomic E-state index is 0.493. The summed E-state index contributed by atoms with van der Waals surface area (Å²) in [5.74, 6) is 0.828. The molecule has 0 aliphatic carbocycles. The highest BCUT2D eigenvalue weighted by Crippen LogP contribution is 2.20. The van der Waals surface area contributed by atoms with Crippen LogP contribution in [0.3, 0.4) is 0 Å². The fourth-order valence-electron chi connectivity index (χ4n) is 1.64. The molecule has 0 radical (unpaired) electrons. The minimum atomic E-state index is 0.493. The van der Waals surface area contributed by atoms with Crippen LogP contribution in [0.4, 0.5) is 11.5 Å². The summed E-state index contributed by atoms with van der Waals surface area (Å²) in [5, 5.41) is 0. The molecule has 1 rings (SSSR count). The molecular formula is C10H18N4. The van der Waals surface area contributed by atoms with Gasteiger partial charge in [-0.1, -0.05) is 13.8 Å². The summed E-state index contributed by atoms with van der Waals surface area (Å²) in [5.41, 5.74) is 6.44. The largest absolute Gasteiger partial charge is 0.394 e. The number of hydrogen-bond acceptors (Lipinski definition) is 4. The van der Waals surface area contributed by atoms with Crippen LogP contribution >= 0.6 is 0 Å². The van der Waals surface area contributed by atoms with Crippen LogP contribution in [0.5, 0.6) is 0 Å². The molecule has 78 valence electrons. The SMILES string of the molecule is CCC(CC)N(C)c1ncncc1N. The number of rotatable bonds is 4. The van der Waals surface area contributed by atoms with Crippen LogP contribution < -0.4 is 10.6 Å². The van der Waals surface area contributed by atoms with E-state index in [0.717, 1.165) is 18.7 Å². The predicted octanol–water partition coefficient (Wildman–Crippen LogP) is 1.68. The van der Waals surface area contributed by atoms with E-state index >= 15 is 0 Å². The second-order valence-electron chi connectivity index (χ2n) is 3.38. The molecule has 4 heteroatoms. The monoisotopic (exact) mass is 194 g/mol. The summed E-state index contributed by atoms with van der Waals surface area (Å²) in [6, 6.07) is 0.493. The van der Waals surface area contributed by atoms with E-state index in [1.54, 1.807) is 6.20 Å². The predicted molar refractivity (Wildman–Crippen MR) is 59.2 cm³/mol. The maximum atomic E-state index is 5.80. The summed E-state index contributed by atoms with van der Waals surface area (Å²) in [4.78, 5) is 10.2. The van der Waals surface area contributed by atoms with Crippen LogP contribution in [0.15, 0.2) is 12.5 Å². The molecule has 1 aromatic heterocycles. The Hall–Kier alpha value is -1.32. The van der Waals surface area contributed by atoms with Gasteiger partial charge in [-0.2, -0.15) is 0 Å². The number of nitrogen functional groups attached to an aromatic ring is 1. The van der Waals surface area contributed by atoms with Gasteiger partial charge in [-0.05, 0) is 12.8 Å². The quantitative estimate of drug-likeness (QED) is 0.792. The molecule has 0 spiro atoms. The van der Waals surface area contributed by atoms with Crippen molar-refractivity contribution in [1.29, 1.82) is 0 Å². The third kappa shape index (κ3) is 2.13. The Morgan fingerprint density at radius 3 is 2.57 bits per heavy atom. The van der Waals surface area contributed by atoms with Crippen molar-refractivity contribution in [3.8, 4) is 0 Å². The molecule has 0 atom stereocenters. The van der Waals surface area contributed by atoms with E-state index < -0.39 is 0 Å². The van der Waals surface area contributed by atoms with Gasteiger partial charge in [0.1, 0.15) is 6.33 Å². The first-order chi connectivity index (χ1) is 6.70. The van der Waals surface area contributed by atoms with Crippen LogP contribution in [0.25, 0.3) is 0 Å². The van der Waals surface area contributed by atoms with Crippen LogP contribution in [-0.4, -0.2) is 23.1 Å². The van der Waals surface area contributed by atoms with E-state index in [9.17, 15) is 0 Å². The van der Waals surface area contributed by atoms with Gasteiger partial charge >= 0.3 is 0 Å². The topological polar surface area (TPSA) is 55.0 Å². The second-order valence-corrected chi connectivity index (χ2v) is 3.38. The fraction of sp³-hybridized carbons (Fsp3) is 0.600. The third-order valence-electron chi connectivity index (χ3n) is 2.54. The molecule has 0 saturated carbocycles. The standard InChI is InChI=1S/C10H18N4/c1-4-8(5-2)14(3)10-9(11)6-12-7-13-10/h6-8H,4-5,11H2,1-3H3. The summed E-state index contributed by atoms with van der Waals surface area (Å²) < 4.78 is 0. The number of aromatic nitrogens is 2. The lowest BCUT2D eigenvalue weighted by molar-refractivity contribution is 0.587. The van der Waals surface area contributed by atoms with E-state index in [2.05, 4.69) is 28.7 Å². The molecule has 14 heavy (non-hydrogen) atoms. The van der Waals surface area contributed by atoms with Crippen LogP contribution in [-0.2, 0) is 0 Å². The highest BCUT2D eigenvalue weighted by atomic mass is 15.2. The minimum Gasteiger partial charge on any atom is -0.394 e. The molecule has 0 aromatic carbocycles. The van der Waals surface area contributed by atoms with Crippen molar-refractivity contribution in [2.24, 2.45) is 0 Å². The lowest BCUT2D eigenvalue weighted by Crippen LogP contribution is -2.31. The van der Waals surface area contributed by atoms with Gasteiger partial charge in [0.25, 0.3) is 0 Å². The van der Waals surface area contributed by atoms with Gasteiger partial charge in [-0.25, -0.2) is 9.97 Å².